The van der Waals surface area contributed by atoms with Gasteiger partial charge in [0, 0.05) is 11.4 Å². The minimum absolute atomic E-state index is 0.00943. The second kappa shape index (κ2) is 6.12. The minimum atomic E-state index is -1.22. The van der Waals surface area contributed by atoms with Gasteiger partial charge in [0.15, 0.2) is 0 Å². The number of amides is 1. The minimum Gasteiger partial charge on any atom is -0.549 e. The average Bonchev–Trinajstić information content (AvgIpc) is 2.16. The highest BCUT2D eigenvalue weighted by atomic mass is 32.2. The van der Waals surface area contributed by atoms with Gasteiger partial charge in [-0.3, -0.25) is 4.79 Å². The van der Waals surface area contributed by atoms with Gasteiger partial charge in [-0.25, -0.2) is 4.39 Å². The molecule has 1 amide bonds. The van der Waals surface area contributed by atoms with E-state index in [0.717, 1.165) is 11.8 Å². The maximum absolute atomic E-state index is 12.7. The van der Waals surface area contributed by atoms with Crippen molar-refractivity contribution in [3.63, 3.8) is 0 Å². The molecule has 1 rings (SSSR count). The fraction of sp³-hybridized carbons (Fsp3) is 0.200. The molecule has 0 atom stereocenters. The van der Waals surface area contributed by atoms with Crippen molar-refractivity contribution in [1.82, 2.24) is 0 Å². The summed E-state index contributed by atoms with van der Waals surface area (Å²) in [7, 11) is 0. The molecule has 1 aromatic carbocycles. The number of hydrogen-bond acceptors (Lipinski definition) is 4. The highest BCUT2D eigenvalue weighted by Crippen LogP contribution is 2.09. The number of rotatable bonds is 5. The molecule has 0 saturated heterocycles. The Bertz CT molecular complexity index is 397. The van der Waals surface area contributed by atoms with Crippen LogP contribution in [0.3, 0.4) is 0 Å². The number of carboxylic acid groups (broad SMARTS) is 1. The van der Waals surface area contributed by atoms with Crippen LogP contribution in [0.25, 0.3) is 0 Å². The van der Waals surface area contributed by atoms with Crippen LogP contribution >= 0.6 is 11.8 Å². The second-order valence-corrected chi connectivity index (χ2v) is 3.91. The summed E-state index contributed by atoms with van der Waals surface area (Å²) in [6.07, 6.45) is 0. The van der Waals surface area contributed by atoms with E-state index >= 15 is 0 Å². The van der Waals surface area contributed by atoms with Gasteiger partial charge in [0.05, 0.1) is 11.7 Å². The average molecular weight is 242 g/mol. The van der Waals surface area contributed by atoms with Crippen LogP contribution in [-0.4, -0.2) is 23.4 Å². The van der Waals surface area contributed by atoms with Crippen LogP contribution in [0.5, 0.6) is 0 Å². The van der Waals surface area contributed by atoms with Gasteiger partial charge in [0.25, 0.3) is 0 Å². The third-order valence-electron chi connectivity index (χ3n) is 1.56. The van der Waals surface area contributed by atoms with E-state index in [2.05, 4.69) is 5.32 Å². The summed E-state index contributed by atoms with van der Waals surface area (Å²) < 4.78 is 12.7. The number of halogens is 1. The predicted molar refractivity (Wildman–Crippen MR) is 57.4 cm³/mol. The van der Waals surface area contributed by atoms with Gasteiger partial charge >= 0.3 is 0 Å². The van der Waals surface area contributed by atoms with E-state index in [1.165, 1.54) is 18.2 Å². The Morgan fingerprint density at radius 3 is 2.75 bits per heavy atom. The van der Waals surface area contributed by atoms with E-state index < -0.39 is 11.8 Å². The van der Waals surface area contributed by atoms with Crippen LogP contribution in [0.1, 0.15) is 0 Å². The van der Waals surface area contributed by atoms with Crippen LogP contribution in [0.2, 0.25) is 0 Å². The molecule has 0 heterocycles. The van der Waals surface area contributed by atoms with Gasteiger partial charge in [-0.15, -0.1) is 11.8 Å². The van der Waals surface area contributed by atoms with E-state index in [0.29, 0.717) is 5.69 Å². The Labute approximate surface area is 95.8 Å². The molecular weight excluding hydrogens is 233 g/mol. The normalized spacial score (nSPS) is 9.81. The third-order valence-corrected chi connectivity index (χ3v) is 2.47. The molecule has 0 aliphatic heterocycles. The SMILES string of the molecule is O=C([O-])CSCC(=O)Nc1cccc(F)c1. The molecule has 6 heteroatoms. The molecule has 0 spiro atoms. The Morgan fingerprint density at radius 2 is 2.12 bits per heavy atom. The van der Waals surface area contributed by atoms with Crippen LogP contribution < -0.4 is 10.4 Å². The highest BCUT2D eigenvalue weighted by molar-refractivity contribution is 8.00. The van der Waals surface area contributed by atoms with E-state index in [1.807, 2.05) is 0 Å². The summed E-state index contributed by atoms with van der Waals surface area (Å²) in [5.74, 6) is -2.29. The lowest BCUT2D eigenvalue weighted by Gasteiger charge is -2.05. The van der Waals surface area contributed by atoms with Crippen molar-refractivity contribution < 1.29 is 19.1 Å². The van der Waals surface area contributed by atoms with E-state index in [1.54, 1.807) is 6.07 Å². The monoisotopic (exact) mass is 242 g/mol. The van der Waals surface area contributed by atoms with Gasteiger partial charge in [0.2, 0.25) is 5.91 Å². The Kier molecular flexibility index (Phi) is 4.78. The molecule has 86 valence electrons. The van der Waals surface area contributed by atoms with E-state index in [9.17, 15) is 19.1 Å². The topological polar surface area (TPSA) is 69.2 Å². The molecule has 1 aromatic rings. The summed E-state index contributed by atoms with van der Waals surface area (Å²) in [6.45, 7) is 0. The van der Waals surface area contributed by atoms with Crippen molar-refractivity contribution in [3.8, 4) is 0 Å². The molecule has 0 aliphatic rings. The highest BCUT2D eigenvalue weighted by Gasteiger charge is 2.03. The van der Waals surface area contributed by atoms with Gasteiger partial charge in [-0.1, -0.05) is 6.07 Å². The number of thioether (sulfide) groups is 1. The lowest BCUT2D eigenvalue weighted by atomic mass is 10.3. The Balaban J connectivity index is 2.37. The van der Waals surface area contributed by atoms with Gasteiger partial charge in [0.1, 0.15) is 5.82 Å². The first kappa shape index (κ1) is 12.5. The summed E-state index contributed by atoms with van der Waals surface area (Å²) in [5.41, 5.74) is 0.346. The number of aliphatic carboxylic acids is 1. The number of nitrogens with one attached hydrogen (secondary N) is 1. The fourth-order valence-electron chi connectivity index (χ4n) is 0.990. The second-order valence-electron chi connectivity index (χ2n) is 2.92. The number of benzene rings is 1. The van der Waals surface area contributed by atoms with Gasteiger partial charge < -0.3 is 15.2 Å². The van der Waals surface area contributed by atoms with Crippen molar-refractivity contribution in [3.05, 3.63) is 30.1 Å². The molecule has 0 fully saturated rings. The molecular formula is C10H9FNO3S-. The van der Waals surface area contributed by atoms with Crippen LogP contribution in [0.4, 0.5) is 10.1 Å². The van der Waals surface area contributed by atoms with Crippen molar-refractivity contribution in [2.75, 3.05) is 16.8 Å². The summed E-state index contributed by atoms with van der Waals surface area (Å²) in [4.78, 5) is 21.3. The molecule has 16 heavy (non-hydrogen) atoms. The molecule has 0 radical (unpaired) electrons. The molecule has 0 aliphatic carbocycles. The summed E-state index contributed by atoms with van der Waals surface area (Å²) in [5, 5.41) is 12.5. The molecule has 0 saturated carbocycles. The molecule has 0 unspecified atom stereocenters. The first-order chi connectivity index (χ1) is 7.58. The smallest absolute Gasteiger partial charge is 0.234 e. The predicted octanol–water partition coefficient (Wildman–Crippen LogP) is 0.247. The zero-order chi connectivity index (χ0) is 12.0. The Morgan fingerprint density at radius 1 is 1.38 bits per heavy atom. The fourth-order valence-corrected chi connectivity index (χ4v) is 1.52. The molecule has 4 nitrogen and oxygen atoms in total. The number of carbonyl (C=O) groups is 2. The standard InChI is InChI=1S/C10H10FNO3S/c11-7-2-1-3-8(4-7)12-9(13)5-16-6-10(14)15/h1-4H,5-6H2,(H,12,13)(H,14,15)/p-1. The van der Waals surface area contributed by atoms with Crippen LogP contribution in [-0.2, 0) is 9.59 Å². The molecule has 0 bridgehead atoms. The molecule has 0 aromatic heterocycles. The van der Waals surface area contributed by atoms with E-state index in [-0.39, 0.29) is 17.4 Å². The summed E-state index contributed by atoms with van der Waals surface area (Å²) in [6, 6.07) is 5.46. The third kappa shape index (κ3) is 4.79. The lowest BCUT2D eigenvalue weighted by Crippen LogP contribution is -2.25. The van der Waals surface area contributed by atoms with Crippen molar-refractivity contribution >= 4 is 29.3 Å². The van der Waals surface area contributed by atoms with Crippen LogP contribution in [0, 0.1) is 5.82 Å². The number of carbonyl (C=O) groups excluding carboxylic acids is 2. The zero-order valence-electron chi connectivity index (χ0n) is 8.23. The maximum Gasteiger partial charge on any atom is 0.234 e. The van der Waals surface area contributed by atoms with Gasteiger partial charge in [-0.05, 0) is 18.2 Å². The maximum atomic E-state index is 12.7. The van der Waals surface area contributed by atoms with Crippen LogP contribution in [0.15, 0.2) is 24.3 Å². The van der Waals surface area contributed by atoms with Crippen molar-refractivity contribution in [2.24, 2.45) is 0 Å². The lowest BCUT2D eigenvalue weighted by molar-refractivity contribution is -0.301. The zero-order valence-corrected chi connectivity index (χ0v) is 9.05. The summed E-state index contributed by atoms with van der Waals surface area (Å²) >= 11 is 0.925. The Hall–Kier alpha value is -1.56. The van der Waals surface area contributed by atoms with Crippen molar-refractivity contribution in [1.29, 1.82) is 0 Å². The number of carboxylic acids is 1. The first-order valence-electron chi connectivity index (χ1n) is 4.41. The van der Waals surface area contributed by atoms with Gasteiger partial charge in [-0.2, -0.15) is 0 Å². The van der Waals surface area contributed by atoms with Crippen molar-refractivity contribution in [2.45, 2.75) is 0 Å². The molecule has 1 N–H and O–H groups in total. The number of hydrogen-bond donors (Lipinski definition) is 1. The van der Waals surface area contributed by atoms with E-state index in [4.69, 9.17) is 0 Å². The number of anilines is 1. The largest absolute Gasteiger partial charge is 0.549 e. The quantitative estimate of drug-likeness (QED) is 0.803. The first-order valence-corrected chi connectivity index (χ1v) is 5.56.